The largest absolute Gasteiger partial charge is 0.320 e. The van der Waals surface area contributed by atoms with Gasteiger partial charge in [0, 0.05) is 5.69 Å². The van der Waals surface area contributed by atoms with Gasteiger partial charge in [-0.25, -0.2) is 4.63 Å². The van der Waals surface area contributed by atoms with Crippen LogP contribution in [0.1, 0.15) is 41.4 Å². The molecule has 0 bridgehead atoms. The van der Waals surface area contributed by atoms with E-state index in [0.717, 1.165) is 16.8 Å². The Morgan fingerprint density at radius 3 is 2.78 bits per heavy atom. The van der Waals surface area contributed by atoms with Crippen molar-refractivity contribution >= 4 is 11.6 Å². The van der Waals surface area contributed by atoms with Crippen molar-refractivity contribution in [2.45, 2.75) is 26.7 Å². The highest BCUT2D eigenvalue weighted by Crippen LogP contribution is 2.27. The summed E-state index contributed by atoms with van der Waals surface area (Å²) < 4.78 is 4.42. The molecule has 1 aromatic heterocycles. The molecule has 0 fully saturated rings. The number of aromatic nitrogens is 2. The van der Waals surface area contributed by atoms with Crippen LogP contribution in [0, 0.1) is 6.92 Å². The second-order valence-corrected chi connectivity index (χ2v) is 4.44. The van der Waals surface area contributed by atoms with Crippen LogP contribution in [0.2, 0.25) is 0 Å². The Balaban J connectivity index is 2.31. The molecule has 5 heteroatoms. The first-order valence-electron chi connectivity index (χ1n) is 5.78. The number of hydrogen-bond donors (Lipinski definition) is 1. The molecule has 5 nitrogen and oxygen atoms in total. The van der Waals surface area contributed by atoms with Crippen LogP contribution < -0.4 is 5.32 Å². The van der Waals surface area contributed by atoms with Crippen LogP contribution in [-0.2, 0) is 0 Å². The van der Waals surface area contributed by atoms with Gasteiger partial charge >= 0.3 is 0 Å². The Hall–Kier alpha value is -2.17. The molecular formula is C13H15N3O2. The predicted molar refractivity (Wildman–Crippen MR) is 67.5 cm³/mol. The number of aryl methyl sites for hydroxylation is 1. The van der Waals surface area contributed by atoms with Gasteiger partial charge in [-0.3, -0.25) is 4.79 Å². The lowest BCUT2D eigenvalue weighted by molar-refractivity contribution is 0.101. The maximum Gasteiger partial charge on any atom is 0.279 e. The first kappa shape index (κ1) is 12.3. The molecule has 1 heterocycles. The zero-order chi connectivity index (χ0) is 13.1. The number of anilines is 1. The number of nitrogens with one attached hydrogen (secondary N) is 1. The third-order valence-corrected chi connectivity index (χ3v) is 2.76. The molecule has 0 saturated heterocycles. The summed E-state index contributed by atoms with van der Waals surface area (Å²) in [6, 6.07) is 5.95. The molecule has 1 N–H and O–H groups in total. The van der Waals surface area contributed by atoms with Crippen LogP contribution in [0.5, 0.6) is 0 Å². The van der Waals surface area contributed by atoms with Crippen molar-refractivity contribution in [1.29, 1.82) is 0 Å². The standard InChI is InChI=1S/C13H15N3O2/c1-8(2)10-6-4-5-9(3)12(10)15-13(17)11-7-14-18-16-11/h4-8H,1-3H3,(H,15,17). The minimum absolute atomic E-state index is 0.174. The molecule has 18 heavy (non-hydrogen) atoms. The highest BCUT2D eigenvalue weighted by Gasteiger charge is 2.15. The minimum Gasteiger partial charge on any atom is -0.320 e. The normalized spacial score (nSPS) is 10.7. The van der Waals surface area contributed by atoms with E-state index < -0.39 is 0 Å². The van der Waals surface area contributed by atoms with E-state index in [9.17, 15) is 4.79 Å². The number of carbonyl (C=O) groups is 1. The van der Waals surface area contributed by atoms with Crippen molar-refractivity contribution in [3.63, 3.8) is 0 Å². The van der Waals surface area contributed by atoms with E-state index in [0.29, 0.717) is 5.92 Å². The van der Waals surface area contributed by atoms with Crippen molar-refractivity contribution in [3.05, 3.63) is 41.2 Å². The maximum atomic E-state index is 11.9. The van der Waals surface area contributed by atoms with Crippen LogP contribution >= 0.6 is 0 Å². The van der Waals surface area contributed by atoms with Crippen molar-refractivity contribution in [1.82, 2.24) is 10.3 Å². The summed E-state index contributed by atoms with van der Waals surface area (Å²) in [5, 5.41) is 9.80. The Labute approximate surface area is 105 Å². The number of rotatable bonds is 3. The first-order valence-corrected chi connectivity index (χ1v) is 5.78. The molecule has 2 rings (SSSR count). The van der Waals surface area contributed by atoms with Gasteiger partial charge in [-0.05, 0) is 29.1 Å². The number of para-hydroxylation sites is 1. The summed E-state index contributed by atoms with van der Waals surface area (Å²) >= 11 is 0. The molecule has 1 amide bonds. The van der Waals surface area contributed by atoms with Gasteiger partial charge < -0.3 is 5.32 Å². The minimum atomic E-state index is -0.313. The van der Waals surface area contributed by atoms with Gasteiger partial charge in [0.05, 0.1) is 0 Å². The summed E-state index contributed by atoms with van der Waals surface area (Å²) in [4.78, 5) is 11.9. The molecule has 0 radical (unpaired) electrons. The fourth-order valence-corrected chi connectivity index (χ4v) is 1.78. The van der Waals surface area contributed by atoms with Crippen molar-refractivity contribution < 1.29 is 9.42 Å². The molecular weight excluding hydrogens is 230 g/mol. The quantitative estimate of drug-likeness (QED) is 0.902. The molecule has 0 aliphatic carbocycles. The number of nitrogens with zero attached hydrogens (tertiary/aromatic N) is 2. The van der Waals surface area contributed by atoms with Gasteiger partial charge in [0.15, 0.2) is 5.69 Å². The number of carbonyl (C=O) groups excluding carboxylic acids is 1. The van der Waals surface area contributed by atoms with E-state index in [1.165, 1.54) is 6.20 Å². The molecule has 1 aromatic carbocycles. The van der Waals surface area contributed by atoms with Crippen molar-refractivity contribution in [3.8, 4) is 0 Å². The van der Waals surface area contributed by atoms with Gasteiger partial charge in [0.1, 0.15) is 6.20 Å². The zero-order valence-electron chi connectivity index (χ0n) is 10.6. The smallest absolute Gasteiger partial charge is 0.279 e. The highest BCUT2D eigenvalue weighted by atomic mass is 16.6. The van der Waals surface area contributed by atoms with Gasteiger partial charge in [0.2, 0.25) is 0 Å². The van der Waals surface area contributed by atoms with Gasteiger partial charge in [-0.15, -0.1) is 0 Å². The molecule has 0 saturated carbocycles. The molecule has 0 aliphatic rings. The van der Waals surface area contributed by atoms with E-state index in [4.69, 9.17) is 0 Å². The Morgan fingerprint density at radius 1 is 1.39 bits per heavy atom. The summed E-state index contributed by atoms with van der Waals surface area (Å²) in [6.07, 6.45) is 1.29. The summed E-state index contributed by atoms with van der Waals surface area (Å²) in [5.41, 5.74) is 3.12. The van der Waals surface area contributed by atoms with Gasteiger partial charge in [-0.2, -0.15) is 0 Å². The van der Waals surface area contributed by atoms with Gasteiger partial charge in [-0.1, -0.05) is 37.2 Å². The summed E-state index contributed by atoms with van der Waals surface area (Å²) in [6.45, 7) is 6.13. The number of amides is 1. The zero-order valence-corrected chi connectivity index (χ0v) is 10.6. The lowest BCUT2D eigenvalue weighted by Crippen LogP contribution is -2.15. The van der Waals surface area contributed by atoms with Crippen molar-refractivity contribution in [2.24, 2.45) is 0 Å². The van der Waals surface area contributed by atoms with E-state index >= 15 is 0 Å². The Kier molecular flexibility index (Phi) is 3.41. The average molecular weight is 245 g/mol. The SMILES string of the molecule is Cc1cccc(C(C)C)c1NC(=O)c1cnon1. The van der Waals surface area contributed by atoms with Crippen molar-refractivity contribution in [2.75, 3.05) is 5.32 Å². The van der Waals surface area contributed by atoms with Crippen LogP contribution in [0.25, 0.3) is 0 Å². The van der Waals surface area contributed by atoms with E-state index in [1.54, 1.807) is 0 Å². The fraction of sp³-hybridized carbons (Fsp3) is 0.308. The molecule has 0 aliphatic heterocycles. The monoisotopic (exact) mass is 245 g/mol. The molecule has 0 spiro atoms. The first-order chi connectivity index (χ1) is 8.59. The van der Waals surface area contributed by atoms with Gasteiger partial charge in [0.25, 0.3) is 5.91 Å². The van der Waals surface area contributed by atoms with Crippen LogP contribution in [0.3, 0.4) is 0 Å². The van der Waals surface area contributed by atoms with Crippen LogP contribution in [-0.4, -0.2) is 16.2 Å². The number of hydrogen-bond acceptors (Lipinski definition) is 4. The molecule has 2 aromatic rings. The summed E-state index contributed by atoms with van der Waals surface area (Å²) in [7, 11) is 0. The Morgan fingerprint density at radius 2 is 2.17 bits per heavy atom. The third kappa shape index (κ3) is 2.40. The Bertz CT molecular complexity index is 547. The third-order valence-electron chi connectivity index (χ3n) is 2.76. The van der Waals surface area contributed by atoms with Crippen LogP contribution in [0.4, 0.5) is 5.69 Å². The highest BCUT2D eigenvalue weighted by molar-refractivity contribution is 6.03. The van der Waals surface area contributed by atoms with E-state index in [1.807, 2.05) is 25.1 Å². The lowest BCUT2D eigenvalue weighted by Gasteiger charge is -2.15. The average Bonchev–Trinajstić information content (AvgIpc) is 2.85. The topological polar surface area (TPSA) is 68.0 Å². The van der Waals surface area contributed by atoms with Crippen LogP contribution in [0.15, 0.2) is 29.0 Å². The van der Waals surface area contributed by atoms with E-state index in [2.05, 4.69) is 34.1 Å². The molecule has 94 valence electrons. The maximum absolute atomic E-state index is 11.9. The summed E-state index contributed by atoms with van der Waals surface area (Å²) in [5.74, 6) is 0.0167. The molecule has 0 atom stereocenters. The second-order valence-electron chi connectivity index (χ2n) is 4.44. The molecule has 0 unspecified atom stereocenters. The van der Waals surface area contributed by atoms with E-state index in [-0.39, 0.29) is 11.6 Å². The lowest BCUT2D eigenvalue weighted by atomic mass is 9.98. The fourth-order valence-electron chi connectivity index (χ4n) is 1.78. The number of benzene rings is 1. The predicted octanol–water partition coefficient (Wildman–Crippen LogP) is 2.75. The second kappa shape index (κ2) is 5.00.